The molecule has 2 rings (SSSR count). The Morgan fingerprint density at radius 3 is 2.72 bits per heavy atom. The van der Waals surface area contributed by atoms with Crippen LogP contribution in [0.15, 0.2) is 0 Å². The number of nitriles is 1. The quantitative estimate of drug-likeness (QED) is 0.767. The monoisotopic (exact) mass is 268 g/mol. The van der Waals surface area contributed by atoms with Gasteiger partial charge in [0, 0.05) is 20.1 Å². The van der Waals surface area contributed by atoms with E-state index < -0.39 is 9.84 Å². The molecular formula is C11H16N4O2S. The zero-order valence-corrected chi connectivity index (χ0v) is 11.5. The smallest absolute Gasteiger partial charge is 0.152 e. The molecule has 1 aromatic rings. The highest BCUT2D eigenvalue weighted by molar-refractivity contribution is 7.91. The summed E-state index contributed by atoms with van der Waals surface area (Å²) in [5.41, 5.74) is 1.19. The van der Waals surface area contributed by atoms with Gasteiger partial charge < -0.3 is 4.90 Å². The molecule has 0 aliphatic carbocycles. The molecule has 0 radical (unpaired) electrons. The molecule has 0 amide bonds. The molecule has 0 N–H and O–H groups in total. The van der Waals surface area contributed by atoms with Gasteiger partial charge in [0.25, 0.3) is 0 Å². The molecule has 1 fully saturated rings. The number of aromatic nitrogens is 2. The molecule has 6 nitrogen and oxygen atoms in total. The number of rotatable bonds is 2. The minimum absolute atomic E-state index is 0.0723. The van der Waals surface area contributed by atoms with Crippen LogP contribution in [-0.4, -0.2) is 42.8 Å². The van der Waals surface area contributed by atoms with Gasteiger partial charge >= 0.3 is 0 Å². The maximum atomic E-state index is 11.5. The highest BCUT2D eigenvalue weighted by Gasteiger charge is 2.33. The zero-order chi connectivity index (χ0) is 13.5. The second-order valence-electron chi connectivity index (χ2n) is 4.69. The first-order chi connectivity index (χ1) is 8.35. The Kier molecular flexibility index (Phi) is 3.07. The van der Waals surface area contributed by atoms with Gasteiger partial charge in [-0.25, -0.2) is 8.42 Å². The van der Waals surface area contributed by atoms with Crippen LogP contribution >= 0.6 is 0 Å². The molecule has 0 aromatic carbocycles. The summed E-state index contributed by atoms with van der Waals surface area (Å²) in [5.74, 6) is 1.07. The van der Waals surface area contributed by atoms with Crippen molar-refractivity contribution in [1.82, 2.24) is 9.78 Å². The number of hydrogen-bond acceptors (Lipinski definition) is 5. The average molecular weight is 268 g/mol. The lowest BCUT2D eigenvalue weighted by Crippen LogP contribution is -2.34. The van der Waals surface area contributed by atoms with E-state index in [1.54, 1.807) is 18.7 Å². The second-order valence-corrected chi connectivity index (χ2v) is 6.92. The summed E-state index contributed by atoms with van der Waals surface area (Å²) in [5, 5.41) is 13.4. The predicted molar refractivity (Wildman–Crippen MR) is 68.1 cm³/mol. The van der Waals surface area contributed by atoms with Crippen LogP contribution in [0.3, 0.4) is 0 Å². The number of anilines is 1. The van der Waals surface area contributed by atoms with Crippen LogP contribution < -0.4 is 4.90 Å². The third-order valence-electron chi connectivity index (χ3n) is 3.39. The van der Waals surface area contributed by atoms with Gasteiger partial charge in [0.15, 0.2) is 9.84 Å². The van der Waals surface area contributed by atoms with Gasteiger partial charge in [-0.15, -0.1) is 0 Å². The summed E-state index contributed by atoms with van der Waals surface area (Å²) in [4.78, 5) is 1.86. The van der Waals surface area contributed by atoms with E-state index in [0.29, 0.717) is 23.5 Å². The lowest BCUT2D eigenvalue weighted by Gasteiger charge is -2.25. The summed E-state index contributed by atoms with van der Waals surface area (Å²) in [6.45, 7) is 1.78. The Morgan fingerprint density at radius 2 is 2.22 bits per heavy atom. The maximum Gasteiger partial charge on any atom is 0.152 e. The van der Waals surface area contributed by atoms with E-state index in [0.717, 1.165) is 0 Å². The average Bonchev–Trinajstić information content (AvgIpc) is 2.77. The molecule has 98 valence electrons. The zero-order valence-electron chi connectivity index (χ0n) is 10.7. The highest BCUT2D eigenvalue weighted by Crippen LogP contribution is 2.26. The van der Waals surface area contributed by atoms with E-state index >= 15 is 0 Å². The van der Waals surface area contributed by atoms with Gasteiger partial charge in [0.2, 0.25) is 0 Å². The summed E-state index contributed by atoms with van der Waals surface area (Å²) in [7, 11) is 0.661. The minimum atomic E-state index is -2.93. The molecule has 0 bridgehead atoms. The maximum absolute atomic E-state index is 11.5. The Bertz CT molecular complexity index is 612. The van der Waals surface area contributed by atoms with Crippen LogP contribution in [0.25, 0.3) is 0 Å². The fraction of sp³-hybridized carbons (Fsp3) is 0.636. The number of sulfone groups is 1. The fourth-order valence-corrected chi connectivity index (χ4v) is 4.21. The molecule has 0 spiro atoms. The summed E-state index contributed by atoms with van der Waals surface area (Å²) < 4.78 is 24.7. The Morgan fingerprint density at radius 1 is 1.56 bits per heavy atom. The van der Waals surface area contributed by atoms with Crippen molar-refractivity contribution < 1.29 is 8.42 Å². The second kappa shape index (κ2) is 4.28. The van der Waals surface area contributed by atoms with Crippen molar-refractivity contribution in [2.24, 2.45) is 7.05 Å². The Balaban J connectivity index is 2.36. The van der Waals surface area contributed by atoms with Gasteiger partial charge in [-0.3, -0.25) is 4.68 Å². The van der Waals surface area contributed by atoms with Crippen molar-refractivity contribution in [2.75, 3.05) is 23.5 Å². The SMILES string of the molecule is Cc1nn(C)c(N(C)C2CCS(=O)(=O)C2)c1C#N. The number of hydrogen-bond donors (Lipinski definition) is 0. The van der Waals surface area contributed by atoms with Crippen molar-refractivity contribution >= 4 is 15.7 Å². The van der Waals surface area contributed by atoms with Gasteiger partial charge in [0.05, 0.1) is 17.2 Å². The number of aryl methyl sites for hydroxylation is 2. The van der Waals surface area contributed by atoms with Crippen molar-refractivity contribution in [3.05, 3.63) is 11.3 Å². The fourth-order valence-electron chi connectivity index (χ4n) is 2.44. The lowest BCUT2D eigenvalue weighted by atomic mass is 10.2. The van der Waals surface area contributed by atoms with Crippen molar-refractivity contribution in [2.45, 2.75) is 19.4 Å². The lowest BCUT2D eigenvalue weighted by molar-refractivity contribution is 0.600. The van der Waals surface area contributed by atoms with Gasteiger partial charge in [-0.05, 0) is 13.3 Å². The van der Waals surface area contributed by atoms with E-state index in [1.807, 2.05) is 11.9 Å². The molecule has 1 aromatic heterocycles. The molecule has 1 aliphatic heterocycles. The molecular weight excluding hydrogens is 252 g/mol. The number of nitrogens with zero attached hydrogens (tertiary/aromatic N) is 4. The van der Waals surface area contributed by atoms with Crippen molar-refractivity contribution in [1.29, 1.82) is 5.26 Å². The molecule has 1 atom stereocenters. The third-order valence-corrected chi connectivity index (χ3v) is 5.14. The topological polar surface area (TPSA) is 79.0 Å². The summed E-state index contributed by atoms with van der Waals surface area (Å²) in [6, 6.07) is 2.06. The predicted octanol–water partition coefficient (Wildman–Crippen LogP) is 0.224. The molecule has 1 unspecified atom stereocenters. The van der Waals surface area contributed by atoms with Gasteiger partial charge in [-0.2, -0.15) is 10.4 Å². The van der Waals surface area contributed by atoms with Crippen LogP contribution in [0, 0.1) is 18.3 Å². The van der Waals surface area contributed by atoms with Crippen LogP contribution in [0.5, 0.6) is 0 Å². The van der Waals surface area contributed by atoms with Crippen molar-refractivity contribution in [3.8, 4) is 6.07 Å². The summed E-state index contributed by atoms with van der Waals surface area (Å²) >= 11 is 0. The van der Waals surface area contributed by atoms with Crippen molar-refractivity contribution in [3.63, 3.8) is 0 Å². The standard InChI is InChI=1S/C11H16N4O2S/c1-8-10(6-12)11(15(3)13-8)14(2)9-4-5-18(16,17)7-9/h9H,4-5,7H2,1-3H3. The molecule has 1 saturated heterocycles. The van der Waals surface area contributed by atoms with E-state index in [4.69, 9.17) is 5.26 Å². The summed E-state index contributed by atoms with van der Waals surface area (Å²) in [6.07, 6.45) is 0.605. The van der Waals surface area contributed by atoms with Crippen LogP contribution in [0.4, 0.5) is 5.82 Å². The van der Waals surface area contributed by atoms with E-state index in [-0.39, 0.29) is 17.5 Å². The van der Waals surface area contributed by atoms with E-state index in [1.165, 1.54) is 0 Å². The van der Waals surface area contributed by atoms with Gasteiger partial charge in [-0.1, -0.05) is 0 Å². The first-order valence-corrected chi connectivity index (χ1v) is 7.55. The first-order valence-electron chi connectivity index (χ1n) is 5.72. The molecule has 7 heteroatoms. The normalized spacial score (nSPS) is 21.8. The Labute approximate surface area is 107 Å². The molecule has 18 heavy (non-hydrogen) atoms. The highest BCUT2D eigenvalue weighted by atomic mass is 32.2. The largest absolute Gasteiger partial charge is 0.355 e. The van der Waals surface area contributed by atoms with Crippen LogP contribution in [-0.2, 0) is 16.9 Å². The Hall–Kier alpha value is -1.55. The molecule has 2 heterocycles. The van der Waals surface area contributed by atoms with Crippen LogP contribution in [0.1, 0.15) is 17.7 Å². The molecule has 1 aliphatic rings. The molecule has 0 saturated carbocycles. The first kappa shape index (κ1) is 12.9. The van der Waals surface area contributed by atoms with Gasteiger partial charge in [0.1, 0.15) is 17.5 Å². The minimum Gasteiger partial charge on any atom is -0.355 e. The van der Waals surface area contributed by atoms with E-state index in [9.17, 15) is 8.42 Å². The third kappa shape index (κ3) is 2.08. The van der Waals surface area contributed by atoms with Crippen LogP contribution in [0.2, 0.25) is 0 Å². The van der Waals surface area contributed by atoms with E-state index in [2.05, 4.69) is 11.2 Å².